The van der Waals surface area contributed by atoms with Crippen LogP contribution >= 0.6 is 0 Å². The van der Waals surface area contributed by atoms with Crippen molar-refractivity contribution >= 4 is 23.3 Å². The second-order valence-electron chi connectivity index (χ2n) is 6.98. The Bertz CT molecular complexity index is 865. The molecule has 0 amide bonds. The molecule has 4 N–H and O–H groups in total. The van der Waals surface area contributed by atoms with E-state index in [1.54, 1.807) is 49.1 Å². The third kappa shape index (κ3) is 8.67. The second-order valence-corrected chi connectivity index (χ2v) is 6.98. The van der Waals surface area contributed by atoms with Crippen LogP contribution in [-0.4, -0.2) is 44.8 Å². The Hall–Kier alpha value is -4.18. The highest BCUT2D eigenvalue weighted by Gasteiger charge is 2.08. The van der Waals surface area contributed by atoms with Crippen LogP contribution in [0, 0.1) is 22.9 Å². The van der Waals surface area contributed by atoms with Gasteiger partial charge in [-0.3, -0.25) is 9.97 Å². The lowest BCUT2D eigenvalue weighted by Gasteiger charge is -2.15. The molecule has 2 heterocycles. The van der Waals surface area contributed by atoms with Crippen LogP contribution in [0.1, 0.15) is 38.5 Å². The highest BCUT2D eigenvalue weighted by atomic mass is 15.2. The van der Waals surface area contributed by atoms with Crippen molar-refractivity contribution in [2.45, 2.75) is 38.5 Å². The number of nitrogens with two attached hydrogens (primary N) is 2. The molecule has 0 aliphatic carbocycles. The van der Waals surface area contributed by atoms with Gasteiger partial charge >= 0.3 is 0 Å². The Kier molecular flexibility index (Phi) is 10.5. The number of pyridine rings is 2. The normalized spacial score (nSPS) is 11.4. The first kappa shape index (κ1) is 24.1. The summed E-state index contributed by atoms with van der Waals surface area (Å²) in [4.78, 5) is 19.1. The van der Waals surface area contributed by atoms with Crippen molar-refractivity contribution in [3.8, 4) is 12.4 Å². The predicted octanol–water partition coefficient (Wildman–Crippen LogP) is 2.98. The molecule has 0 aromatic carbocycles. The maximum atomic E-state index is 9.31. The lowest BCUT2D eigenvalue weighted by molar-refractivity contribution is 0.487. The summed E-state index contributed by atoms with van der Waals surface area (Å²) < 4.78 is 0. The minimum absolute atomic E-state index is 0.182. The maximum absolute atomic E-state index is 9.31. The molecule has 10 heteroatoms. The van der Waals surface area contributed by atoms with E-state index in [2.05, 4.69) is 32.3 Å². The average molecular weight is 433 g/mol. The lowest BCUT2D eigenvalue weighted by atomic mass is 10.1. The quantitative estimate of drug-likeness (QED) is 0.180. The molecule has 0 unspecified atom stereocenters. The van der Waals surface area contributed by atoms with Crippen molar-refractivity contribution in [1.29, 1.82) is 10.5 Å². The number of hydrogen-bond donors (Lipinski definition) is 2. The molecule has 0 atom stereocenters. The monoisotopic (exact) mass is 432 g/mol. The number of rotatable bonds is 11. The van der Waals surface area contributed by atoms with Crippen LogP contribution < -0.4 is 11.5 Å². The van der Waals surface area contributed by atoms with E-state index in [1.165, 1.54) is 9.80 Å². The fraction of sp³-hybridized carbons (Fsp3) is 0.364. The largest absolute Gasteiger partial charge is 0.369 e. The zero-order valence-corrected chi connectivity index (χ0v) is 18.0. The molecule has 32 heavy (non-hydrogen) atoms. The molecule has 0 saturated heterocycles. The molecule has 2 aromatic rings. The number of aromatic nitrogens is 2. The highest BCUT2D eigenvalue weighted by Crippen LogP contribution is 2.11. The van der Waals surface area contributed by atoms with E-state index in [0.29, 0.717) is 24.5 Å². The van der Waals surface area contributed by atoms with Crippen LogP contribution in [0.15, 0.2) is 59.0 Å². The van der Waals surface area contributed by atoms with E-state index in [4.69, 9.17) is 11.5 Å². The molecular formula is C22H28N10. The number of nitriles is 2. The molecule has 0 saturated carbocycles. The molecule has 2 aromatic heterocycles. The number of nitrogens with zero attached hydrogens (tertiary/aromatic N) is 8. The molecule has 0 aliphatic heterocycles. The molecule has 0 bridgehead atoms. The van der Waals surface area contributed by atoms with Crippen molar-refractivity contribution < 1.29 is 0 Å². The zero-order chi connectivity index (χ0) is 23.0. The number of aliphatic imine (C=N–C) groups is 2. The van der Waals surface area contributed by atoms with Gasteiger partial charge in [0.15, 0.2) is 12.4 Å². The van der Waals surface area contributed by atoms with Crippen molar-refractivity contribution in [2.75, 3.05) is 13.1 Å². The fourth-order valence-corrected chi connectivity index (χ4v) is 2.90. The summed E-state index contributed by atoms with van der Waals surface area (Å²) in [6, 6.07) is 6.92. The Morgan fingerprint density at radius 1 is 0.688 bits per heavy atom. The van der Waals surface area contributed by atoms with Gasteiger partial charge in [-0.1, -0.05) is 25.7 Å². The minimum atomic E-state index is 0.182. The Labute approximate surface area is 188 Å². The van der Waals surface area contributed by atoms with E-state index >= 15 is 0 Å². The fourth-order valence-electron chi connectivity index (χ4n) is 2.90. The first-order valence-electron chi connectivity index (χ1n) is 10.5. The minimum Gasteiger partial charge on any atom is -0.369 e. The van der Waals surface area contributed by atoms with Crippen molar-refractivity contribution in [3.63, 3.8) is 0 Å². The summed E-state index contributed by atoms with van der Waals surface area (Å²) in [5, 5.41) is 18.6. The Morgan fingerprint density at radius 3 is 1.38 bits per heavy atom. The van der Waals surface area contributed by atoms with E-state index < -0.39 is 0 Å². The van der Waals surface area contributed by atoms with Gasteiger partial charge in [0.2, 0.25) is 11.9 Å². The van der Waals surface area contributed by atoms with Crippen molar-refractivity contribution in [2.24, 2.45) is 21.5 Å². The molecule has 0 spiro atoms. The third-order valence-corrected chi connectivity index (χ3v) is 4.62. The van der Waals surface area contributed by atoms with E-state index in [9.17, 15) is 10.5 Å². The van der Waals surface area contributed by atoms with E-state index in [1.807, 2.05) is 0 Å². The molecule has 10 nitrogen and oxygen atoms in total. The smallest absolute Gasteiger partial charge is 0.209 e. The van der Waals surface area contributed by atoms with Crippen LogP contribution in [0.4, 0.5) is 11.4 Å². The SMILES string of the molecule is N#CN(CCCCCCCCN(C#N)C(N)=Nc1ccncc1)C(N)=Nc1ccncc1. The molecule has 0 fully saturated rings. The van der Waals surface area contributed by atoms with Gasteiger partial charge in [0.25, 0.3) is 0 Å². The summed E-state index contributed by atoms with van der Waals surface area (Å²) in [5.74, 6) is 0.364. The summed E-state index contributed by atoms with van der Waals surface area (Å²) in [7, 11) is 0. The van der Waals surface area contributed by atoms with Gasteiger partial charge < -0.3 is 11.5 Å². The third-order valence-electron chi connectivity index (χ3n) is 4.62. The van der Waals surface area contributed by atoms with Gasteiger partial charge in [0, 0.05) is 37.9 Å². The molecule has 0 radical (unpaired) electrons. The second kappa shape index (κ2) is 13.9. The molecule has 0 aliphatic rings. The van der Waals surface area contributed by atoms with Gasteiger partial charge in [-0.15, -0.1) is 0 Å². The lowest BCUT2D eigenvalue weighted by Crippen LogP contribution is -2.34. The standard InChI is InChI=1S/C22H28N10/c23-17-31(21(25)29-19-7-11-27-12-8-19)15-5-3-1-2-4-6-16-32(18-24)22(26)30-20-9-13-28-14-10-20/h7-14H,1-6,15-16H2,(H2,25,27,29)(H2,26,28,30). The first-order valence-corrected chi connectivity index (χ1v) is 10.5. The van der Waals surface area contributed by atoms with Crippen LogP contribution in [0.3, 0.4) is 0 Å². The van der Waals surface area contributed by atoms with E-state index in [0.717, 1.165) is 38.5 Å². The maximum Gasteiger partial charge on any atom is 0.209 e. The summed E-state index contributed by atoms with van der Waals surface area (Å²) in [6.07, 6.45) is 16.4. The topological polar surface area (TPSA) is 157 Å². The average Bonchev–Trinajstić information content (AvgIpc) is 2.81. The summed E-state index contributed by atoms with van der Waals surface area (Å²) >= 11 is 0. The van der Waals surface area contributed by atoms with Gasteiger partial charge in [-0.25, -0.2) is 19.8 Å². The van der Waals surface area contributed by atoms with Crippen molar-refractivity contribution in [1.82, 2.24) is 19.8 Å². The summed E-state index contributed by atoms with van der Waals surface area (Å²) in [5.41, 5.74) is 13.2. The molecule has 2 rings (SSSR count). The Morgan fingerprint density at radius 2 is 1.03 bits per heavy atom. The number of hydrogen-bond acceptors (Lipinski definition) is 6. The van der Waals surface area contributed by atoms with E-state index in [-0.39, 0.29) is 11.9 Å². The summed E-state index contributed by atoms with van der Waals surface area (Å²) in [6.45, 7) is 1.06. The van der Waals surface area contributed by atoms with Crippen molar-refractivity contribution in [3.05, 3.63) is 49.1 Å². The number of unbranched alkanes of at least 4 members (excludes halogenated alkanes) is 5. The Balaban J connectivity index is 1.62. The first-order chi connectivity index (χ1) is 15.6. The van der Waals surface area contributed by atoms with Crippen LogP contribution in [-0.2, 0) is 0 Å². The van der Waals surface area contributed by atoms with Gasteiger partial charge in [0.1, 0.15) is 0 Å². The number of guanidine groups is 2. The highest BCUT2D eigenvalue weighted by molar-refractivity contribution is 5.82. The molecule has 166 valence electrons. The van der Waals surface area contributed by atoms with Crippen LogP contribution in [0.5, 0.6) is 0 Å². The van der Waals surface area contributed by atoms with Crippen LogP contribution in [0.25, 0.3) is 0 Å². The van der Waals surface area contributed by atoms with Gasteiger partial charge in [-0.05, 0) is 37.1 Å². The predicted molar refractivity (Wildman–Crippen MR) is 123 cm³/mol. The van der Waals surface area contributed by atoms with Gasteiger partial charge in [0.05, 0.1) is 11.4 Å². The zero-order valence-electron chi connectivity index (χ0n) is 18.0. The van der Waals surface area contributed by atoms with Gasteiger partial charge in [-0.2, -0.15) is 10.5 Å². The van der Waals surface area contributed by atoms with Crippen LogP contribution in [0.2, 0.25) is 0 Å². The molecular weight excluding hydrogens is 404 g/mol.